The average molecular weight is 399 g/mol. The highest BCUT2D eigenvalue weighted by molar-refractivity contribution is 5.85. The molecule has 0 aliphatic carbocycles. The van der Waals surface area contributed by atoms with E-state index in [0.717, 1.165) is 11.1 Å². The van der Waals surface area contributed by atoms with Crippen molar-refractivity contribution in [2.75, 3.05) is 11.9 Å². The second-order valence-electron chi connectivity index (χ2n) is 7.20. The monoisotopic (exact) mass is 399 g/mol. The largest absolute Gasteiger partial charge is 0.394 e. The molecule has 4 rings (SSSR count). The van der Waals surface area contributed by atoms with E-state index in [1.807, 2.05) is 37.3 Å². The summed E-state index contributed by atoms with van der Waals surface area (Å²) in [4.78, 5) is 23.1. The highest BCUT2D eigenvalue weighted by Gasteiger charge is 2.18. The van der Waals surface area contributed by atoms with Gasteiger partial charge in [-0.25, -0.2) is 4.98 Å². The Morgan fingerprint density at radius 3 is 2.77 bits per heavy atom. The van der Waals surface area contributed by atoms with Gasteiger partial charge in [0, 0.05) is 6.20 Å². The van der Waals surface area contributed by atoms with Crippen LogP contribution in [0.2, 0.25) is 0 Å². The molecular weight excluding hydrogens is 378 g/mol. The molecule has 4 N–H and O–H groups in total. The average Bonchev–Trinajstić information content (AvgIpc) is 3.18. The molecule has 0 fully saturated rings. The third-order valence-electron chi connectivity index (χ3n) is 5.01. The van der Waals surface area contributed by atoms with Gasteiger partial charge >= 0.3 is 0 Å². The Morgan fingerprint density at radius 1 is 1.23 bits per heavy atom. The minimum absolute atomic E-state index is 0.0914. The van der Waals surface area contributed by atoms with Crippen molar-refractivity contribution in [1.29, 1.82) is 5.26 Å². The molecule has 0 amide bonds. The summed E-state index contributed by atoms with van der Waals surface area (Å²) in [5, 5.41) is 22.4. The number of rotatable bonds is 6. The molecule has 0 unspecified atom stereocenters. The first kappa shape index (κ1) is 19.4. The van der Waals surface area contributed by atoms with Crippen LogP contribution in [0.25, 0.3) is 22.4 Å². The van der Waals surface area contributed by atoms with E-state index in [0.29, 0.717) is 40.1 Å². The number of pyridine rings is 1. The molecule has 30 heavy (non-hydrogen) atoms. The lowest BCUT2D eigenvalue weighted by Gasteiger charge is -2.19. The topological polar surface area (TPSA) is 118 Å². The summed E-state index contributed by atoms with van der Waals surface area (Å²) in [7, 11) is 0. The standard InChI is InChI=1S/C23H21N5O2/c1-14-9-16(12-24)11-19-21(14)28-22(27-19)20-18(7-8-25-23(20)30)26-17(13-29)10-15-5-3-2-4-6-15/h2-9,11,17,29H,10,13H2,1H3,(H,27,28)(H2,25,26,30)/t17-/m0/s1. The van der Waals surface area contributed by atoms with Gasteiger partial charge in [-0.15, -0.1) is 0 Å². The minimum Gasteiger partial charge on any atom is -0.394 e. The molecule has 0 saturated heterocycles. The second-order valence-corrected chi connectivity index (χ2v) is 7.20. The molecule has 0 radical (unpaired) electrons. The Morgan fingerprint density at radius 2 is 2.03 bits per heavy atom. The van der Waals surface area contributed by atoms with Gasteiger partial charge in [-0.1, -0.05) is 30.3 Å². The Labute approximate surface area is 173 Å². The van der Waals surface area contributed by atoms with Gasteiger partial charge < -0.3 is 20.4 Å². The maximum absolute atomic E-state index is 12.7. The molecule has 0 saturated carbocycles. The van der Waals surface area contributed by atoms with Crippen LogP contribution >= 0.6 is 0 Å². The number of aromatic nitrogens is 3. The van der Waals surface area contributed by atoms with Crippen molar-refractivity contribution in [3.63, 3.8) is 0 Å². The van der Waals surface area contributed by atoms with E-state index in [1.54, 1.807) is 24.4 Å². The normalized spacial score (nSPS) is 11.9. The van der Waals surface area contributed by atoms with Crippen LogP contribution in [0, 0.1) is 18.3 Å². The van der Waals surface area contributed by atoms with Gasteiger partial charge in [-0.3, -0.25) is 4.79 Å². The number of nitrogens with zero attached hydrogens (tertiary/aromatic N) is 2. The fourth-order valence-electron chi connectivity index (χ4n) is 3.59. The zero-order chi connectivity index (χ0) is 21.1. The van der Waals surface area contributed by atoms with E-state index in [9.17, 15) is 15.2 Å². The number of aryl methyl sites for hydroxylation is 1. The summed E-state index contributed by atoms with van der Waals surface area (Å²) in [5.74, 6) is 0.406. The summed E-state index contributed by atoms with van der Waals surface area (Å²) >= 11 is 0. The molecular formula is C23H21N5O2. The highest BCUT2D eigenvalue weighted by Crippen LogP contribution is 2.27. The lowest BCUT2D eigenvalue weighted by atomic mass is 10.1. The quantitative estimate of drug-likeness (QED) is 0.397. The second kappa shape index (κ2) is 8.23. The van der Waals surface area contributed by atoms with Crippen molar-refractivity contribution in [2.24, 2.45) is 0 Å². The van der Waals surface area contributed by atoms with Crippen LogP contribution in [0.3, 0.4) is 0 Å². The van der Waals surface area contributed by atoms with Crippen molar-refractivity contribution >= 4 is 16.7 Å². The zero-order valence-corrected chi connectivity index (χ0v) is 16.4. The van der Waals surface area contributed by atoms with Gasteiger partial charge in [0.15, 0.2) is 0 Å². The fraction of sp³-hybridized carbons (Fsp3) is 0.174. The molecule has 0 aliphatic rings. The van der Waals surface area contributed by atoms with Crippen molar-refractivity contribution < 1.29 is 5.11 Å². The Bertz CT molecular complexity index is 1280. The van der Waals surface area contributed by atoms with Gasteiger partial charge in [0.25, 0.3) is 5.56 Å². The van der Waals surface area contributed by atoms with Gasteiger partial charge in [0.1, 0.15) is 11.4 Å². The van der Waals surface area contributed by atoms with E-state index in [2.05, 4.69) is 26.3 Å². The molecule has 4 aromatic rings. The molecule has 0 spiro atoms. The first-order valence-electron chi connectivity index (χ1n) is 9.63. The number of anilines is 1. The maximum Gasteiger partial charge on any atom is 0.261 e. The highest BCUT2D eigenvalue weighted by atomic mass is 16.3. The third kappa shape index (κ3) is 3.81. The smallest absolute Gasteiger partial charge is 0.261 e. The first-order valence-corrected chi connectivity index (χ1v) is 9.63. The molecule has 2 aromatic carbocycles. The molecule has 2 aromatic heterocycles. The molecule has 7 heteroatoms. The summed E-state index contributed by atoms with van der Waals surface area (Å²) in [6.45, 7) is 1.79. The van der Waals surface area contributed by atoms with E-state index >= 15 is 0 Å². The van der Waals surface area contributed by atoms with Crippen LogP contribution in [-0.4, -0.2) is 32.7 Å². The Balaban J connectivity index is 1.73. The number of hydrogen-bond donors (Lipinski definition) is 4. The van der Waals surface area contributed by atoms with E-state index in [-0.39, 0.29) is 18.2 Å². The van der Waals surface area contributed by atoms with Crippen LogP contribution in [0.1, 0.15) is 16.7 Å². The lowest BCUT2D eigenvalue weighted by molar-refractivity contribution is 0.274. The first-order chi connectivity index (χ1) is 14.6. The maximum atomic E-state index is 12.7. The van der Waals surface area contributed by atoms with Crippen molar-refractivity contribution in [3.8, 4) is 17.5 Å². The summed E-state index contributed by atoms with van der Waals surface area (Å²) < 4.78 is 0. The minimum atomic E-state index is -0.298. The predicted octanol–water partition coefficient (Wildman–Crippen LogP) is 3.11. The Hall–Kier alpha value is -3.89. The van der Waals surface area contributed by atoms with Crippen LogP contribution in [0.15, 0.2) is 59.5 Å². The Kier molecular flexibility index (Phi) is 5.33. The van der Waals surface area contributed by atoms with Crippen LogP contribution in [0.4, 0.5) is 5.69 Å². The summed E-state index contributed by atoms with van der Waals surface area (Å²) in [6, 6.07) is 16.9. The number of nitrogens with one attached hydrogen (secondary N) is 3. The van der Waals surface area contributed by atoms with Crippen molar-refractivity contribution in [1.82, 2.24) is 15.0 Å². The van der Waals surface area contributed by atoms with Crippen molar-refractivity contribution in [3.05, 3.63) is 81.8 Å². The van der Waals surface area contributed by atoms with Gasteiger partial charge in [0.2, 0.25) is 0 Å². The van der Waals surface area contributed by atoms with E-state index in [1.165, 1.54) is 0 Å². The summed E-state index contributed by atoms with van der Waals surface area (Å²) in [6.07, 6.45) is 2.17. The fourth-order valence-corrected chi connectivity index (χ4v) is 3.59. The zero-order valence-electron chi connectivity index (χ0n) is 16.4. The van der Waals surface area contributed by atoms with Gasteiger partial charge in [-0.05, 0) is 42.7 Å². The lowest BCUT2D eigenvalue weighted by Crippen LogP contribution is -2.28. The van der Waals surface area contributed by atoms with Crippen LogP contribution in [0.5, 0.6) is 0 Å². The SMILES string of the molecule is Cc1cc(C#N)cc2[nH]c(-c3c(N[C@H](CO)Cc4ccccc4)cc[nH]c3=O)nc12. The number of aliphatic hydroxyl groups is 1. The molecule has 0 aliphatic heterocycles. The number of benzene rings is 2. The van der Waals surface area contributed by atoms with Gasteiger partial charge in [0.05, 0.1) is 41.0 Å². The summed E-state index contributed by atoms with van der Waals surface area (Å²) in [5.41, 5.74) is 4.50. The number of hydrogen-bond acceptors (Lipinski definition) is 5. The molecule has 2 heterocycles. The predicted molar refractivity (Wildman–Crippen MR) is 116 cm³/mol. The molecule has 7 nitrogen and oxygen atoms in total. The number of imidazole rings is 1. The number of aliphatic hydroxyl groups excluding tert-OH is 1. The molecule has 0 bridgehead atoms. The van der Waals surface area contributed by atoms with E-state index < -0.39 is 0 Å². The number of H-pyrrole nitrogens is 2. The number of aromatic amines is 2. The van der Waals surface area contributed by atoms with Crippen LogP contribution in [-0.2, 0) is 6.42 Å². The van der Waals surface area contributed by atoms with E-state index in [4.69, 9.17) is 0 Å². The number of nitriles is 1. The molecule has 1 atom stereocenters. The number of fused-ring (bicyclic) bond motifs is 1. The third-order valence-corrected chi connectivity index (χ3v) is 5.01. The van der Waals surface area contributed by atoms with Crippen LogP contribution < -0.4 is 10.9 Å². The molecule has 150 valence electrons. The van der Waals surface area contributed by atoms with Crippen molar-refractivity contribution in [2.45, 2.75) is 19.4 Å². The van der Waals surface area contributed by atoms with Gasteiger partial charge in [-0.2, -0.15) is 5.26 Å².